The second kappa shape index (κ2) is 8.87. The van der Waals surface area contributed by atoms with Gasteiger partial charge < -0.3 is 5.32 Å². The molecule has 2 nitrogen and oxygen atoms in total. The third kappa shape index (κ3) is 7.32. The highest BCUT2D eigenvalue weighted by Crippen LogP contribution is 2.13. The van der Waals surface area contributed by atoms with Gasteiger partial charge in [0.1, 0.15) is 0 Å². The fraction of sp³-hybridized carbons (Fsp3) is 0.579. The van der Waals surface area contributed by atoms with Gasteiger partial charge in [-0.3, -0.25) is 4.90 Å². The number of benzene rings is 1. The molecule has 0 unspecified atom stereocenters. The first kappa shape index (κ1) is 17.8. The molecule has 1 aromatic carbocycles. The predicted octanol–water partition coefficient (Wildman–Crippen LogP) is 3.46. The molecule has 0 radical (unpaired) electrons. The lowest BCUT2D eigenvalue weighted by atomic mass is 10.0. The minimum Gasteiger partial charge on any atom is -0.312 e. The molecule has 1 N–H and O–H groups in total. The lowest BCUT2D eigenvalue weighted by Crippen LogP contribution is -2.37. The highest BCUT2D eigenvalue weighted by atomic mass is 15.1. The molecule has 21 heavy (non-hydrogen) atoms. The number of nitrogens with one attached hydrogen (secondary N) is 1. The van der Waals surface area contributed by atoms with Crippen LogP contribution in [0.25, 0.3) is 0 Å². The maximum absolute atomic E-state index is 5.48. The fourth-order valence-corrected chi connectivity index (χ4v) is 2.43. The first-order chi connectivity index (χ1) is 9.96. The van der Waals surface area contributed by atoms with E-state index in [1.165, 1.54) is 11.1 Å². The maximum atomic E-state index is 5.48. The van der Waals surface area contributed by atoms with Gasteiger partial charge in [0, 0.05) is 12.1 Å². The molecule has 1 aromatic rings. The average molecular weight is 286 g/mol. The molecular weight excluding hydrogens is 256 g/mol. The Morgan fingerprint density at radius 2 is 1.86 bits per heavy atom. The third-order valence-electron chi connectivity index (χ3n) is 3.42. The van der Waals surface area contributed by atoms with Crippen LogP contribution in [0.4, 0.5) is 0 Å². The van der Waals surface area contributed by atoms with Gasteiger partial charge >= 0.3 is 0 Å². The molecule has 0 saturated carbocycles. The normalized spacial score (nSPS) is 11.6. The van der Waals surface area contributed by atoms with Crippen molar-refractivity contribution in [2.24, 2.45) is 0 Å². The van der Waals surface area contributed by atoms with Crippen molar-refractivity contribution in [3.63, 3.8) is 0 Å². The van der Waals surface area contributed by atoms with Crippen molar-refractivity contribution >= 4 is 0 Å². The second-order valence-corrected chi connectivity index (χ2v) is 6.61. The van der Waals surface area contributed by atoms with Crippen molar-refractivity contribution in [3.8, 4) is 12.3 Å². The Morgan fingerprint density at radius 3 is 2.43 bits per heavy atom. The summed E-state index contributed by atoms with van der Waals surface area (Å²) < 4.78 is 0. The Bertz CT molecular complexity index is 451. The van der Waals surface area contributed by atoms with Crippen molar-refractivity contribution in [1.82, 2.24) is 10.2 Å². The van der Waals surface area contributed by atoms with Crippen LogP contribution in [0.5, 0.6) is 0 Å². The molecule has 2 heteroatoms. The molecule has 0 aliphatic rings. The zero-order valence-electron chi connectivity index (χ0n) is 14.1. The van der Waals surface area contributed by atoms with Gasteiger partial charge in [0.2, 0.25) is 0 Å². The topological polar surface area (TPSA) is 15.3 Å². The summed E-state index contributed by atoms with van der Waals surface area (Å²) in [6.07, 6.45) is 7.67. The Balaban J connectivity index is 2.67. The van der Waals surface area contributed by atoms with E-state index in [1.807, 2.05) is 0 Å². The quantitative estimate of drug-likeness (QED) is 0.736. The van der Waals surface area contributed by atoms with Crippen LogP contribution in [-0.4, -0.2) is 30.1 Å². The van der Waals surface area contributed by atoms with Gasteiger partial charge in [-0.15, -0.1) is 6.42 Å². The number of nitrogens with zero attached hydrogens (tertiary/aromatic N) is 1. The van der Waals surface area contributed by atoms with Crippen LogP contribution < -0.4 is 5.32 Å². The molecule has 0 saturated heterocycles. The van der Waals surface area contributed by atoms with E-state index in [0.29, 0.717) is 0 Å². The van der Waals surface area contributed by atoms with Crippen molar-refractivity contribution in [3.05, 3.63) is 35.4 Å². The van der Waals surface area contributed by atoms with Gasteiger partial charge in [-0.2, -0.15) is 0 Å². The van der Waals surface area contributed by atoms with E-state index in [2.05, 4.69) is 68.1 Å². The maximum Gasteiger partial charge on any atom is 0.0601 e. The number of hydrogen-bond acceptors (Lipinski definition) is 2. The Hall–Kier alpha value is -1.30. The average Bonchev–Trinajstić information content (AvgIpc) is 2.40. The second-order valence-electron chi connectivity index (χ2n) is 6.61. The lowest BCUT2D eigenvalue weighted by molar-refractivity contribution is 0.298. The molecule has 0 fully saturated rings. The van der Waals surface area contributed by atoms with Crippen molar-refractivity contribution in [1.29, 1.82) is 0 Å². The minimum absolute atomic E-state index is 0.173. The molecule has 0 atom stereocenters. The first-order valence-electron chi connectivity index (χ1n) is 7.94. The molecule has 0 aromatic heterocycles. The monoisotopic (exact) mass is 286 g/mol. The van der Waals surface area contributed by atoms with Crippen LogP contribution in [0.15, 0.2) is 24.3 Å². The summed E-state index contributed by atoms with van der Waals surface area (Å²) in [6, 6.07) is 8.71. The highest BCUT2D eigenvalue weighted by Gasteiger charge is 2.10. The minimum atomic E-state index is 0.173. The van der Waals surface area contributed by atoms with E-state index in [0.717, 1.165) is 39.0 Å². The van der Waals surface area contributed by atoms with Gasteiger partial charge in [0.25, 0.3) is 0 Å². The van der Waals surface area contributed by atoms with Crippen molar-refractivity contribution in [2.75, 3.05) is 19.6 Å². The Kier molecular flexibility index (Phi) is 7.50. The van der Waals surface area contributed by atoms with Crippen LogP contribution in [0.1, 0.15) is 45.2 Å². The van der Waals surface area contributed by atoms with Gasteiger partial charge in [-0.25, -0.2) is 0 Å². The highest BCUT2D eigenvalue weighted by molar-refractivity contribution is 5.27. The van der Waals surface area contributed by atoms with Crippen LogP contribution in [-0.2, 0) is 13.0 Å². The summed E-state index contributed by atoms with van der Waals surface area (Å²) in [5.41, 5.74) is 3.00. The van der Waals surface area contributed by atoms with Gasteiger partial charge in [0.15, 0.2) is 0 Å². The molecule has 116 valence electrons. The lowest BCUT2D eigenvalue weighted by Gasteiger charge is -2.23. The molecule has 0 aliphatic heterocycles. The summed E-state index contributed by atoms with van der Waals surface area (Å²) >= 11 is 0. The molecule has 0 heterocycles. The van der Waals surface area contributed by atoms with Gasteiger partial charge in [0.05, 0.1) is 6.54 Å². The van der Waals surface area contributed by atoms with Crippen molar-refractivity contribution in [2.45, 2.75) is 52.6 Å². The van der Waals surface area contributed by atoms with Crippen LogP contribution in [0.3, 0.4) is 0 Å². The molecular formula is C19H30N2. The van der Waals surface area contributed by atoms with Crippen LogP contribution in [0.2, 0.25) is 0 Å². The zero-order valence-corrected chi connectivity index (χ0v) is 14.1. The summed E-state index contributed by atoms with van der Waals surface area (Å²) in [5.74, 6) is 2.77. The Morgan fingerprint density at radius 1 is 1.19 bits per heavy atom. The number of rotatable bonds is 8. The zero-order chi connectivity index (χ0) is 15.7. The molecule has 1 rings (SSSR count). The van der Waals surface area contributed by atoms with E-state index in [1.54, 1.807) is 0 Å². The fourth-order valence-electron chi connectivity index (χ4n) is 2.43. The van der Waals surface area contributed by atoms with E-state index in [9.17, 15) is 0 Å². The smallest absolute Gasteiger partial charge is 0.0601 e. The summed E-state index contributed by atoms with van der Waals surface area (Å²) in [5, 5.41) is 3.56. The van der Waals surface area contributed by atoms with Crippen molar-refractivity contribution < 1.29 is 0 Å². The molecule has 0 bridgehead atoms. The predicted molar refractivity (Wildman–Crippen MR) is 92.3 cm³/mol. The van der Waals surface area contributed by atoms with E-state index < -0.39 is 0 Å². The van der Waals surface area contributed by atoms with Gasteiger partial charge in [-0.1, -0.05) is 37.1 Å². The van der Waals surface area contributed by atoms with E-state index >= 15 is 0 Å². The standard InChI is InChI=1S/C19H30N2/c1-6-14-21(15-7-2)16-18-11-9-8-10-17(18)12-13-20-19(3,4)5/h1,8-11,20H,7,12-16H2,2-5H3. The number of terminal acetylenes is 1. The van der Waals surface area contributed by atoms with Crippen LogP contribution in [0, 0.1) is 12.3 Å². The van der Waals surface area contributed by atoms with Crippen LogP contribution >= 0.6 is 0 Å². The third-order valence-corrected chi connectivity index (χ3v) is 3.42. The Labute approximate surface area is 130 Å². The van der Waals surface area contributed by atoms with E-state index in [4.69, 9.17) is 6.42 Å². The number of hydrogen-bond donors (Lipinski definition) is 1. The molecule has 0 amide bonds. The molecule has 0 spiro atoms. The van der Waals surface area contributed by atoms with Gasteiger partial charge in [-0.05, 0) is 57.8 Å². The summed E-state index contributed by atoms with van der Waals surface area (Å²) in [7, 11) is 0. The molecule has 0 aliphatic carbocycles. The summed E-state index contributed by atoms with van der Waals surface area (Å²) in [4.78, 5) is 2.34. The van der Waals surface area contributed by atoms with E-state index in [-0.39, 0.29) is 5.54 Å². The summed E-state index contributed by atoms with van der Waals surface area (Å²) in [6.45, 7) is 12.5. The largest absolute Gasteiger partial charge is 0.312 e. The first-order valence-corrected chi connectivity index (χ1v) is 7.94. The SMILES string of the molecule is C#CCN(CCC)Cc1ccccc1CCNC(C)(C)C.